The van der Waals surface area contributed by atoms with Gasteiger partial charge in [0.05, 0.1) is 4.91 Å². The second-order valence-electron chi connectivity index (χ2n) is 5.36. The fourth-order valence-corrected chi connectivity index (χ4v) is 3.40. The summed E-state index contributed by atoms with van der Waals surface area (Å²) in [6.07, 6.45) is 1.77. The van der Waals surface area contributed by atoms with Gasteiger partial charge in [0.1, 0.15) is 5.75 Å². The molecule has 5 nitrogen and oxygen atoms in total. The van der Waals surface area contributed by atoms with Gasteiger partial charge < -0.3 is 5.11 Å². The Morgan fingerprint density at radius 2 is 1.88 bits per heavy atom. The Labute approximate surface area is 154 Å². The Morgan fingerprint density at radius 3 is 2.56 bits per heavy atom. The first kappa shape index (κ1) is 17.2. The molecule has 3 rings (SSSR count). The van der Waals surface area contributed by atoms with Crippen molar-refractivity contribution in [2.45, 2.75) is 6.92 Å². The Bertz CT molecular complexity index is 891. The largest absolute Gasteiger partial charge is 0.508 e. The first-order valence-corrected chi connectivity index (χ1v) is 8.62. The minimum absolute atomic E-state index is 0.0586. The molecule has 2 N–H and O–H groups in total. The van der Waals surface area contributed by atoms with E-state index in [0.29, 0.717) is 10.5 Å². The van der Waals surface area contributed by atoms with Crippen LogP contribution in [0, 0.1) is 6.92 Å². The molecule has 0 atom stereocenters. The fraction of sp³-hybridized carbons (Fsp3) is 0.0556. The van der Waals surface area contributed by atoms with E-state index in [1.807, 2.05) is 31.2 Å². The zero-order valence-electron chi connectivity index (χ0n) is 13.2. The van der Waals surface area contributed by atoms with Crippen molar-refractivity contribution >= 4 is 46.2 Å². The summed E-state index contributed by atoms with van der Waals surface area (Å²) in [5.41, 5.74) is 4.79. The van der Waals surface area contributed by atoms with Crippen LogP contribution in [0.4, 0.5) is 0 Å². The van der Waals surface area contributed by atoms with E-state index in [-0.39, 0.29) is 16.0 Å². The third kappa shape index (κ3) is 3.72. The topological polar surface area (TPSA) is 69.6 Å². The number of thioether (sulfide) groups is 1. The normalized spacial score (nSPS) is 15.7. The summed E-state index contributed by atoms with van der Waals surface area (Å²) >= 11 is 6.34. The average Bonchev–Trinajstić information content (AvgIpc) is 2.85. The minimum atomic E-state index is -0.478. The zero-order valence-corrected chi connectivity index (χ0v) is 14.9. The van der Waals surface area contributed by atoms with E-state index in [1.54, 1.807) is 6.08 Å². The summed E-state index contributed by atoms with van der Waals surface area (Å²) in [4.78, 5) is 25.2. The predicted octanol–water partition coefficient (Wildman–Crippen LogP) is 3.25. The smallest absolute Gasteiger partial charge is 0.285 e. The minimum Gasteiger partial charge on any atom is -0.508 e. The molecule has 0 aliphatic carbocycles. The van der Waals surface area contributed by atoms with E-state index in [9.17, 15) is 14.7 Å². The van der Waals surface area contributed by atoms with Gasteiger partial charge in [-0.15, -0.1) is 0 Å². The maximum atomic E-state index is 12.5. The van der Waals surface area contributed by atoms with Crippen LogP contribution in [0.2, 0.25) is 0 Å². The highest BCUT2D eigenvalue weighted by molar-refractivity contribution is 8.26. The maximum Gasteiger partial charge on any atom is 0.285 e. The van der Waals surface area contributed by atoms with Crippen LogP contribution in [0.5, 0.6) is 5.75 Å². The molecule has 0 spiro atoms. The number of aromatic hydroxyl groups is 1. The maximum absolute atomic E-state index is 12.5. The number of phenols is 1. The number of nitrogens with one attached hydrogen (secondary N) is 1. The Kier molecular flexibility index (Phi) is 4.87. The lowest BCUT2D eigenvalue weighted by atomic mass is 10.1. The van der Waals surface area contributed by atoms with Crippen LogP contribution in [0.15, 0.2) is 53.4 Å². The molecule has 1 fully saturated rings. The first-order valence-electron chi connectivity index (χ1n) is 7.39. The van der Waals surface area contributed by atoms with Crippen LogP contribution in [-0.2, 0) is 4.79 Å². The molecular weight excluding hydrogens is 356 g/mol. The second kappa shape index (κ2) is 7.08. The molecule has 2 aromatic carbocycles. The summed E-state index contributed by atoms with van der Waals surface area (Å²) in [5, 5.41) is 10.3. The van der Waals surface area contributed by atoms with Crippen molar-refractivity contribution in [1.29, 1.82) is 0 Å². The number of aryl methyl sites for hydroxylation is 1. The lowest BCUT2D eigenvalue weighted by Crippen LogP contribution is -2.44. The van der Waals surface area contributed by atoms with E-state index in [2.05, 4.69) is 5.43 Å². The average molecular weight is 370 g/mol. The molecule has 7 heteroatoms. The number of hydrazine groups is 1. The highest BCUT2D eigenvalue weighted by Crippen LogP contribution is 2.32. The molecule has 0 unspecified atom stereocenters. The summed E-state index contributed by atoms with van der Waals surface area (Å²) in [5.74, 6) is -0.790. The van der Waals surface area contributed by atoms with Gasteiger partial charge in [-0.2, -0.15) is 5.01 Å². The number of carbonyl (C=O) groups excluding carboxylic acids is 2. The Hall–Kier alpha value is -2.64. The number of hydrogen-bond donors (Lipinski definition) is 2. The molecule has 126 valence electrons. The molecule has 1 aliphatic heterocycles. The number of rotatable bonds is 3. The molecule has 25 heavy (non-hydrogen) atoms. The van der Waals surface area contributed by atoms with Gasteiger partial charge in [-0.1, -0.05) is 36.0 Å². The van der Waals surface area contributed by atoms with E-state index in [1.165, 1.54) is 24.3 Å². The third-order valence-electron chi connectivity index (χ3n) is 3.61. The number of amides is 2. The van der Waals surface area contributed by atoms with Crippen LogP contribution >= 0.6 is 24.0 Å². The van der Waals surface area contributed by atoms with Gasteiger partial charge in [-0.3, -0.25) is 15.0 Å². The van der Waals surface area contributed by atoms with Crippen molar-refractivity contribution in [2.75, 3.05) is 0 Å². The van der Waals surface area contributed by atoms with Crippen molar-refractivity contribution in [3.05, 3.63) is 70.1 Å². The van der Waals surface area contributed by atoms with Crippen LogP contribution in [-0.4, -0.2) is 26.3 Å². The first-order chi connectivity index (χ1) is 12.0. The number of benzene rings is 2. The Balaban J connectivity index is 1.79. The summed E-state index contributed by atoms with van der Waals surface area (Å²) in [6, 6.07) is 13.4. The van der Waals surface area contributed by atoms with Crippen molar-refractivity contribution in [3.8, 4) is 5.75 Å². The highest BCUT2D eigenvalue weighted by Gasteiger charge is 2.33. The monoisotopic (exact) mass is 370 g/mol. The number of carbonyl (C=O) groups is 2. The van der Waals surface area contributed by atoms with Gasteiger partial charge in [0.2, 0.25) is 0 Å². The van der Waals surface area contributed by atoms with Crippen molar-refractivity contribution < 1.29 is 14.7 Å². The summed E-state index contributed by atoms with van der Waals surface area (Å²) in [7, 11) is 0. The number of phenolic OH excluding ortho intramolecular Hbond substituents is 1. The molecule has 1 heterocycles. The molecule has 0 bridgehead atoms. The zero-order chi connectivity index (χ0) is 18.0. The molecule has 2 aromatic rings. The molecule has 0 aromatic heterocycles. The van der Waals surface area contributed by atoms with Crippen molar-refractivity contribution in [3.63, 3.8) is 0 Å². The molecule has 2 amide bonds. The SMILES string of the molecule is Cc1ccccc1/C=C1\SC(=S)N(NC(=O)c2ccc(O)cc2)C1=O. The van der Waals surface area contributed by atoms with Crippen molar-refractivity contribution in [1.82, 2.24) is 10.4 Å². The lowest BCUT2D eigenvalue weighted by molar-refractivity contribution is -0.123. The number of nitrogens with zero attached hydrogens (tertiary/aromatic N) is 1. The van der Waals surface area contributed by atoms with Crippen LogP contribution < -0.4 is 5.43 Å². The highest BCUT2D eigenvalue weighted by atomic mass is 32.2. The van der Waals surface area contributed by atoms with Gasteiger partial charge in [-0.25, -0.2) is 0 Å². The van der Waals surface area contributed by atoms with E-state index in [0.717, 1.165) is 27.9 Å². The van der Waals surface area contributed by atoms with E-state index in [4.69, 9.17) is 12.2 Å². The molecule has 1 saturated heterocycles. The molecular formula is C18H14N2O3S2. The van der Waals surface area contributed by atoms with Gasteiger partial charge in [0.15, 0.2) is 4.32 Å². The second-order valence-corrected chi connectivity index (χ2v) is 7.04. The van der Waals surface area contributed by atoms with Crippen LogP contribution in [0.3, 0.4) is 0 Å². The fourth-order valence-electron chi connectivity index (χ4n) is 2.23. The standard InChI is InChI=1S/C18H14N2O3S2/c1-11-4-2-3-5-13(11)10-15-17(23)20(18(24)25-15)19-16(22)12-6-8-14(21)9-7-12/h2-10,21H,1H3,(H,19,22)/b15-10-. The van der Waals surface area contributed by atoms with Crippen molar-refractivity contribution in [2.24, 2.45) is 0 Å². The van der Waals surface area contributed by atoms with E-state index < -0.39 is 5.91 Å². The Morgan fingerprint density at radius 1 is 1.20 bits per heavy atom. The third-order valence-corrected chi connectivity index (χ3v) is 4.91. The van der Waals surface area contributed by atoms with Gasteiger partial charge in [0.25, 0.3) is 11.8 Å². The van der Waals surface area contributed by atoms with E-state index >= 15 is 0 Å². The quantitative estimate of drug-likeness (QED) is 0.641. The summed E-state index contributed by atoms with van der Waals surface area (Å²) in [6.45, 7) is 1.96. The van der Waals surface area contributed by atoms with Gasteiger partial charge >= 0.3 is 0 Å². The van der Waals surface area contributed by atoms with Gasteiger partial charge in [-0.05, 0) is 60.6 Å². The molecule has 0 radical (unpaired) electrons. The van der Waals surface area contributed by atoms with Crippen LogP contribution in [0.1, 0.15) is 21.5 Å². The summed E-state index contributed by atoms with van der Waals surface area (Å²) < 4.78 is 0.261. The van der Waals surface area contributed by atoms with Crippen LogP contribution in [0.25, 0.3) is 6.08 Å². The number of thiocarbonyl (C=S) groups is 1. The predicted molar refractivity (Wildman–Crippen MR) is 102 cm³/mol. The molecule has 1 aliphatic rings. The van der Waals surface area contributed by atoms with Gasteiger partial charge in [0, 0.05) is 5.56 Å². The molecule has 0 saturated carbocycles. The lowest BCUT2D eigenvalue weighted by Gasteiger charge is -2.15. The number of hydrogen-bond acceptors (Lipinski definition) is 5.